The fraction of sp³-hybridized carbons (Fsp3) is 0.714. The molecule has 0 spiro atoms. The average molecular weight is 310 g/mol. The van der Waals surface area contributed by atoms with Crippen molar-refractivity contribution in [2.24, 2.45) is 11.8 Å². The molecule has 18 heavy (non-hydrogen) atoms. The van der Waals surface area contributed by atoms with E-state index in [1.165, 1.54) is 38.6 Å². The summed E-state index contributed by atoms with van der Waals surface area (Å²) in [5.41, 5.74) is 1.14. The number of piperidine rings is 1. The smallest absolute Gasteiger partial charge is 0.225 e. The molecule has 1 aliphatic carbocycles. The van der Waals surface area contributed by atoms with Crippen molar-refractivity contribution in [3.8, 4) is 0 Å². The molecule has 4 heteroatoms. The lowest BCUT2D eigenvalue weighted by atomic mass is 9.75. The van der Waals surface area contributed by atoms with Crippen molar-refractivity contribution < 1.29 is 0 Å². The Labute approximate surface area is 117 Å². The molecule has 1 aromatic heterocycles. The minimum Gasteiger partial charge on any atom is -0.341 e. The molecule has 3 nitrogen and oxygen atoms in total. The van der Waals surface area contributed by atoms with Crippen LogP contribution in [0.3, 0.4) is 0 Å². The van der Waals surface area contributed by atoms with Gasteiger partial charge in [0.25, 0.3) is 0 Å². The lowest BCUT2D eigenvalue weighted by Gasteiger charge is -2.41. The van der Waals surface area contributed by atoms with Crippen LogP contribution in [0, 0.1) is 11.8 Å². The number of hydrogen-bond donors (Lipinski definition) is 0. The number of anilines is 1. The predicted molar refractivity (Wildman–Crippen MR) is 76.9 cm³/mol. The van der Waals surface area contributed by atoms with Gasteiger partial charge in [0.15, 0.2) is 0 Å². The normalized spacial score (nSPS) is 27.9. The molecule has 1 saturated carbocycles. The Morgan fingerprint density at radius 1 is 1.11 bits per heavy atom. The van der Waals surface area contributed by atoms with E-state index in [4.69, 9.17) is 0 Å². The van der Waals surface area contributed by atoms with Crippen LogP contribution in [-0.2, 0) is 5.33 Å². The molecule has 2 fully saturated rings. The Morgan fingerprint density at radius 2 is 1.83 bits per heavy atom. The lowest BCUT2D eigenvalue weighted by Crippen LogP contribution is -2.42. The van der Waals surface area contributed by atoms with E-state index < -0.39 is 0 Å². The van der Waals surface area contributed by atoms with E-state index >= 15 is 0 Å². The van der Waals surface area contributed by atoms with Gasteiger partial charge in [-0.05, 0) is 30.2 Å². The summed E-state index contributed by atoms with van der Waals surface area (Å²) in [4.78, 5) is 11.4. The molecule has 0 aromatic carbocycles. The van der Waals surface area contributed by atoms with E-state index in [2.05, 4.69) is 30.8 Å². The first kappa shape index (κ1) is 12.4. The first-order valence-electron chi connectivity index (χ1n) is 6.98. The monoisotopic (exact) mass is 309 g/mol. The third-order valence-corrected chi connectivity index (χ3v) is 5.07. The van der Waals surface area contributed by atoms with Crippen LogP contribution in [0.25, 0.3) is 0 Å². The number of fused-ring (bicyclic) bond motifs is 1. The number of rotatable bonds is 2. The molecular formula is C14H20BrN3. The summed E-state index contributed by atoms with van der Waals surface area (Å²) in [6, 6.07) is 0. The Hall–Kier alpha value is -0.640. The van der Waals surface area contributed by atoms with Gasteiger partial charge in [-0.15, -0.1) is 0 Å². The molecule has 0 radical (unpaired) electrons. The topological polar surface area (TPSA) is 29.0 Å². The molecule has 0 amide bonds. The SMILES string of the molecule is BrCc1cnc(N2CCC3CCCCC3C2)nc1. The van der Waals surface area contributed by atoms with E-state index in [-0.39, 0.29) is 0 Å². The second-order valence-electron chi connectivity index (χ2n) is 5.56. The van der Waals surface area contributed by atoms with E-state index in [1.54, 1.807) is 0 Å². The van der Waals surface area contributed by atoms with Gasteiger partial charge in [-0.1, -0.05) is 35.2 Å². The van der Waals surface area contributed by atoms with Gasteiger partial charge in [0.1, 0.15) is 0 Å². The van der Waals surface area contributed by atoms with Crippen molar-refractivity contribution in [1.29, 1.82) is 0 Å². The van der Waals surface area contributed by atoms with Gasteiger partial charge in [0.05, 0.1) is 0 Å². The zero-order chi connectivity index (χ0) is 12.4. The van der Waals surface area contributed by atoms with E-state index in [9.17, 15) is 0 Å². The van der Waals surface area contributed by atoms with Crippen molar-refractivity contribution in [2.45, 2.75) is 37.4 Å². The highest BCUT2D eigenvalue weighted by Crippen LogP contribution is 2.36. The zero-order valence-corrected chi connectivity index (χ0v) is 12.3. The second kappa shape index (κ2) is 5.55. The third-order valence-electron chi connectivity index (χ3n) is 4.42. The Bertz CT molecular complexity index is 393. The third kappa shape index (κ3) is 2.53. The summed E-state index contributed by atoms with van der Waals surface area (Å²) in [7, 11) is 0. The standard InChI is InChI=1S/C14H20BrN3/c15-7-11-8-16-14(17-9-11)18-6-5-12-3-1-2-4-13(12)10-18/h8-9,12-13H,1-7,10H2. The van der Waals surface area contributed by atoms with Gasteiger partial charge in [-0.2, -0.15) is 0 Å². The van der Waals surface area contributed by atoms with Gasteiger partial charge in [0.2, 0.25) is 5.95 Å². The highest BCUT2D eigenvalue weighted by Gasteiger charge is 2.31. The average Bonchev–Trinajstić information content (AvgIpc) is 2.47. The Morgan fingerprint density at radius 3 is 2.56 bits per heavy atom. The maximum atomic E-state index is 4.50. The van der Waals surface area contributed by atoms with Gasteiger partial charge >= 0.3 is 0 Å². The van der Waals surface area contributed by atoms with Gasteiger partial charge in [-0.3, -0.25) is 0 Å². The number of hydrogen-bond acceptors (Lipinski definition) is 3. The van der Waals surface area contributed by atoms with Crippen molar-refractivity contribution in [3.63, 3.8) is 0 Å². The molecule has 1 saturated heterocycles. The minimum atomic E-state index is 0.831. The first-order chi connectivity index (χ1) is 8.86. The quantitative estimate of drug-likeness (QED) is 0.784. The van der Waals surface area contributed by atoms with Crippen LogP contribution >= 0.6 is 15.9 Å². The van der Waals surface area contributed by atoms with Crippen LogP contribution in [0.2, 0.25) is 0 Å². The van der Waals surface area contributed by atoms with Gasteiger partial charge in [0, 0.05) is 30.8 Å². The minimum absolute atomic E-state index is 0.831. The van der Waals surface area contributed by atoms with Crippen LogP contribution < -0.4 is 4.90 Å². The largest absolute Gasteiger partial charge is 0.341 e. The summed E-state index contributed by atoms with van der Waals surface area (Å²) in [6.45, 7) is 2.30. The van der Waals surface area contributed by atoms with Gasteiger partial charge in [-0.25, -0.2) is 9.97 Å². The molecule has 2 unspecified atom stereocenters. The summed E-state index contributed by atoms with van der Waals surface area (Å²) < 4.78 is 0. The molecule has 1 aliphatic heterocycles. The Kier molecular flexibility index (Phi) is 3.83. The van der Waals surface area contributed by atoms with Crippen LogP contribution in [0.15, 0.2) is 12.4 Å². The van der Waals surface area contributed by atoms with Crippen molar-refractivity contribution in [1.82, 2.24) is 9.97 Å². The molecule has 2 heterocycles. The second-order valence-corrected chi connectivity index (χ2v) is 6.12. The van der Waals surface area contributed by atoms with E-state index in [1.807, 2.05) is 12.4 Å². The number of alkyl halides is 1. The lowest BCUT2D eigenvalue weighted by molar-refractivity contribution is 0.201. The fourth-order valence-electron chi connectivity index (χ4n) is 3.36. The van der Waals surface area contributed by atoms with Gasteiger partial charge < -0.3 is 4.90 Å². The van der Waals surface area contributed by atoms with Crippen molar-refractivity contribution >= 4 is 21.9 Å². The summed E-state index contributed by atoms with van der Waals surface area (Å²) in [6.07, 6.45) is 10.9. The molecular weight excluding hydrogens is 290 g/mol. The molecule has 0 N–H and O–H groups in total. The predicted octanol–water partition coefficient (Wildman–Crippen LogP) is 3.39. The summed E-state index contributed by atoms with van der Waals surface area (Å²) in [5, 5.41) is 0.831. The number of halogens is 1. The highest BCUT2D eigenvalue weighted by molar-refractivity contribution is 9.08. The highest BCUT2D eigenvalue weighted by atomic mass is 79.9. The maximum absolute atomic E-state index is 4.50. The molecule has 98 valence electrons. The van der Waals surface area contributed by atoms with Crippen molar-refractivity contribution in [2.75, 3.05) is 18.0 Å². The summed E-state index contributed by atoms with van der Waals surface area (Å²) in [5.74, 6) is 2.77. The fourth-order valence-corrected chi connectivity index (χ4v) is 3.65. The van der Waals surface area contributed by atoms with Crippen LogP contribution in [-0.4, -0.2) is 23.1 Å². The molecule has 2 aliphatic rings. The van der Waals surface area contributed by atoms with Crippen molar-refractivity contribution in [3.05, 3.63) is 18.0 Å². The zero-order valence-electron chi connectivity index (χ0n) is 10.7. The van der Waals surface area contributed by atoms with Crippen LogP contribution in [0.1, 0.15) is 37.7 Å². The van der Waals surface area contributed by atoms with E-state index in [0.717, 1.165) is 35.2 Å². The molecule has 1 aromatic rings. The summed E-state index contributed by atoms with van der Waals surface area (Å²) >= 11 is 3.43. The van der Waals surface area contributed by atoms with Crippen LogP contribution in [0.5, 0.6) is 0 Å². The van der Waals surface area contributed by atoms with E-state index in [0.29, 0.717) is 0 Å². The Balaban J connectivity index is 1.69. The van der Waals surface area contributed by atoms with Crippen LogP contribution in [0.4, 0.5) is 5.95 Å². The number of aromatic nitrogens is 2. The number of nitrogens with zero attached hydrogens (tertiary/aromatic N) is 3. The molecule has 0 bridgehead atoms. The molecule has 2 atom stereocenters. The molecule has 3 rings (SSSR count). The maximum Gasteiger partial charge on any atom is 0.225 e. The first-order valence-corrected chi connectivity index (χ1v) is 8.11.